The van der Waals surface area contributed by atoms with Gasteiger partial charge in [-0.3, -0.25) is 4.79 Å². The van der Waals surface area contributed by atoms with Gasteiger partial charge in [-0.05, 0) is 18.6 Å². The van der Waals surface area contributed by atoms with Crippen molar-refractivity contribution in [3.05, 3.63) is 34.7 Å². The number of unbranched alkanes of at least 4 members (excludes halogenated alkanes) is 14. The molecule has 0 saturated carbocycles. The average molecular weight is 607 g/mol. The number of phenolic OH excluding ortho intramolecular Hbond substituents is 1. The maximum Gasteiger partial charge on any atom is 0.336 e. The van der Waals surface area contributed by atoms with Crippen molar-refractivity contribution >= 4 is 16.9 Å². The maximum atomic E-state index is 12.3. The summed E-state index contributed by atoms with van der Waals surface area (Å²) in [7, 11) is 0. The molecule has 0 spiro atoms. The highest BCUT2D eigenvalue weighted by atomic mass is 16.7. The topological polar surface area (TPSA) is 156 Å². The third kappa shape index (κ3) is 11.7. The van der Waals surface area contributed by atoms with E-state index in [2.05, 4.69) is 6.92 Å². The molecular formula is C33H50O10. The van der Waals surface area contributed by atoms with Crippen molar-refractivity contribution in [1.29, 1.82) is 0 Å². The van der Waals surface area contributed by atoms with E-state index in [1.165, 1.54) is 94.9 Å². The summed E-state index contributed by atoms with van der Waals surface area (Å²) < 4.78 is 21.5. The summed E-state index contributed by atoms with van der Waals surface area (Å²) in [6, 6.07) is 5.25. The van der Waals surface area contributed by atoms with Crippen molar-refractivity contribution in [1.82, 2.24) is 0 Å². The second-order valence-corrected chi connectivity index (χ2v) is 11.6. The van der Waals surface area contributed by atoms with Crippen LogP contribution < -0.4 is 10.4 Å². The zero-order valence-corrected chi connectivity index (χ0v) is 25.5. The molecule has 1 aromatic heterocycles. The third-order valence-corrected chi connectivity index (χ3v) is 8.01. The van der Waals surface area contributed by atoms with E-state index in [1.54, 1.807) is 0 Å². The molecule has 1 aromatic carbocycles. The molecule has 10 heteroatoms. The van der Waals surface area contributed by atoms with E-state index in [-0.39, 0.29) is 30.1 Å². The fraction of sp³-hybridized carbons (Fsp3) is 0.697. The standard InChI is InChI=1S/C33H50O10/c1-2-3-4-5-6-7-8-9-10-11-12-13-14-15-16-17-28(35)40-22-27-30(37)31(38)32(39)33(43-27)42-26-20-23-18-19-29(36)41-25(23)21-24(26)34/h18-21,27,30-34,37-39H,2-17,22H2,1H3/t27-,30-,31+,32-,33+/m1/s1. The number of phenols is 1. The van der Waals surface area contributed by atoms with Gasteiger partial charge in [-0.25, -0.2) is 4.79 Å². The van der Waals surface area contributed by atoms with Crippen LogP contribution in [0.1, 0.15) is 110 Å². The van der Waals surface area contributed by atoms with Gasteiger partial charge >= 0.3 is 11.6 Å². The summed E-state index contributed by atoms with van der Waals surface area (Å²) >= 11 is 0. The Morgan fingerprint density at radius 1 is 0.791 bits per heavy atom. The number of rotatable bonds is 20. The number of fused-ring (bicyclic) bond motifs is 1. The summed E-state index contributed by atoms with van der Waals surface area (Å²) in [4.78, 5) is 23.7. The van der Waals surface area contributed by atoms with E-state index in [1.807, 2.05) is 0 Å². The van der Waals surface area contributed by atoms with E-state index >= 15 is 0 Å². The SMILES string of the molecule is CCCCCCCCCCCCCCCCCC(=O)OC[C@H]1O[C@H](Oc2cc3ccc(=O)oc3cc2O)[C@H](O)[C@@H](O)[C@@H]1O. The molecule has 1 aliphatic heterocycles. The summed E-state index contributed by atoms with van der Waals surface area (Å²) in [5, 5.41) is 41.9. The molecule has 0 unspecified atom stereocenters. The van der Waals surface area contributed by atoms with Crippen molar-refractivity contribution in [2.75, 3.05) is 6.61 Å². The number of carbonyl (C=O) groups is 1. The molecule has 1 saturated heterocycles. The number of aromatic hydroxyl groups is 1. The summed E-state index contributed by atoms with van der Waals surface area (Å²) in [6.45, 7) is 1.91. The number of aliphatic hydroxyl groups is 3. The predicted octanol–water partition coefficient (Wildman–Crippen LogP) is 5.49. The van der Waals surface area contributed by atoms with Crippen LogP contribution in [-0.2, 0) is 14.3 Å². The zero-order chi connectivity index (χ0) is 31.0. The molecule has 5 atom stereocenters. The first-order chi connectivity index (χ1) is 20.8. The van der Waals surface area contributed by atoms with Crippen LogP contribution in [0.3, 0.4) is 0 Å². The molecule has 2 heterocycles. The maximum absolute atomic E-state index is 12.3. The Hall–Kier alpha value is -2.66. The molecule has 0 bridgehead atoms. The Kier molecular flexibility index (Phi) is 15.3. The van der Waals surface area contributed by atoms with Gasteiger partial charge in [0, 0.05) is 23.9 Å². The largest absolute Gasteiger partial charge is 0.504 e. The number of hydrogen-bond donors (Lipinski definition) is 4. The molecule has 2 aromatic rings. The Bertz CT molecular complexity index is 1150. The lowest BCUT2D eigenvalue weighted by Gasteiger charge is -2.39. The first-order valence-corrected chi connectivity index (χ1v) is 16.1. The summed E-state index contributed by atoms with van der Waals surface area (Å²) in [6.07, 6.45) is 11.3. The molecule has 0 aliphatic carbocycles. The zero-order valence-electron chi connectivity index (χ0n) is 25.5. The highest BCUT2D eigenvalue weighted by Gasteiger charge is 2.45. The lowest BCUT2D eigenvalue weighted by Crippen LogP contribution is -2.60. The van der Waals surface area contributed by atoms with Gasteiger partial charge in [0.05, 0.1) is 0 Å². The number of ether oxygens (including phenoxy) is 3. The molecular weight excluding hydrogens is 556 g/mol. The van der Waals surface area contributed by atoms with Gasteiger partial charge in [-0.2, -0.15) is 0 Å². The molecule has 1 fully saturated rings. The van der Waals surface area contributed by atoms with E-state index in [0.29, 0.717) is 11.8 Å². The Labute approximate surface area is 254 Å². The summed E-state index contributed by atoms with van der Waals surface area (Å²) in [5.74, 6) is -0.917. The molecule has 0 amide bonds. The van der Waals surface area contributed by atoms with Crippen molar-refractivity contribution in [2.24, 2.45) is 0 Å². The van der Waals surface area contributed by atoms with Crippen LogP contribution >= 0.6 is 0 Å². The first kappa shape index (κ1) is 34.8. The normalized spacial score (nSPS) is 22.1. The second-order valence-electron chi connectivity index (χ2n) is 11.6. The number of esters is 1. The number of aliphatic hydroxyl groups excluding tert-OH is 3. The van der Waals surface area contributed by atoms with Gasteiger partial charge in [-0.1, -0.05) is 96.8 Å². The Morgan fingerprint density at radius 2 is 1.37 bits per heavy atom. The van der Waals surface area contributed by atoms with Gasteiger partial charge in [-0.15, -0.1) is 0 Å². The number of hydrogen-bond acceptors (Lipinski definition) is 10. The van der Waals surface area contributed by atoms with E-state index < -0.39 is 42.3 Å². The minimum atomic E-state index is -1.65. The van der Waals surface area contributed by atoms with E-state index in [9.17, 15) is 30.0 Å². The molecule has 242 valence electrons. The fourth-order valence-corrected chi connectivity index (χ4v) is 5.34. The van der Waals surface area contributed by atoms with Crippen LogP contribution in [0.5, 0.6) is 11.5 Å². The quantitative estimate of drug-likeness (QED) is 0.0863. The van der Waals surface area contributed by atoms with Gasteiger partial charge in [0.15, 0.2) is 11.5 Å². The van der Waals surface area contributed by atoms with Crippen molar-refractivity contribution in [3.63, 3.8) is 0 Å². The van der Waals surface area contributed by atoms with Gasteiger partial charge in [0.1, 0.15) is 36.6 Å². The highest BCUT2D eigenvalue weighted by Crippen LogP contribution is 2.34. The Morgan fingerprint density at radius 3 is 1.98 bits per heavy atom. The van der Waals surface area contributed by atoms with E-state index in [4.69, 9.17) is 18.6 Å². The molecule has 4 N–H and O–H groups in total. The number of carbonyl (C=O) groups excluding carboxylic acids is 1. The lowest BCUT2D eigenvalue weighted by atomic mass is 9.99. The van der Waals surface area contributed by atoms with Crippen LogP contribution in [0.4, 0.5) is 0 Å². The van der Waals surface area contributed by atoms with Crippen LogP contribution in [0.15, 0.2) is 33.5 Å². The van der Waals surface area contributed by atoms with Crippen LogP contribution in [0.25, 0.3) is 11.0 Å². The fourth-order valence-electron chi connectivity index (χ4n) is 5.34. The summed E-state index contributed by atoms with van der Waals surface area (Å²) in [5.41, 5.74) is -0.447. The smallest absolute Gasteiger partial charge is 0.336 e. The van der Waals surface area contributed by atoms with Crippen molar-refractivity contribution in [3.8, 4) is 11.5 Å². The minimum absolute atomic E-state index is 0.0992. The van der Waals surface area contributed by atoms with Crippen molar-refractivity contribution < 1.29 is 43.8 Å². The van der Waals surface area contributed by atoms with Crippen LogP contribution in [0, 0.1) is 0 Å². The highest BCUT2D eigenvalue weighted by molar-refractivity contribution is 5.80. The number of benzene rings is 1. The first-order valence-electron chi connectivity index (χ1n) is 16.1. The molecule has 43 heavy (non-hydrogen) atoms. The van der Waals surface area contributed by atoms with Crippen LogP contribution in [0.2, 0.25) is 0 Å². The molecule has 3 rings (SSSR count). The molecule has 1 aliphatic rings. The molecule has 10 nitrogen and oxygen atoms in total. The lowest BCUT2D eigenvalue weighted by molar-refractivity contribution is -0.278. The van der Waals surface area contributed by atoms with Crippen molar-refractivity contribution in [2.45, 2.75) is 140 Å². The molecule has 0 radical (unpaired) electrons. The Balaban J connectivity index is 1.30. The van der Waals surface area contributed by atoms with Crippen LogP contribution in [-0.4, -0.2) is 63.7 Å². The van der Waals surface area contributed by atoms with E-state index in [0.717, 1.165) is 19.3 Å². The van der Waals surface area contributed by atoms with Gasteiger partial charge in [0.2, 0.25) is 6.29 Å². The monoisotopic (exact) mass is 606 g/mol. The minimum Gasteiger partial charge on any atom is -0.504 e. The second kappa shape index (κ2) is 18.9. The average Bonchev–Trinajstić information content (AvgIpc) is 2.99. The van der Waals surface area contributed by atoms with Gasteiger partial charge < -0.3 is 39.1 Å². The van der Waals surface area contributed by atoms with Gasteiger partial charge in [0.25, 0.3) is 0 Å². The predicted molar refractivity (Wildman–Crippen MR) is 162 cm³/mol. The third-order valence-electron chi connectivity index (χ3n) is 8.01.